The van der Waals surface area contributed by atoms with Gasteiger partial charge in [0, 0.05) is 13.1 Å². The fraction of sp³-hybridized carbons (Fsp3) is 0.667. The molecule has 0 aromatic heterocycles. The first kappa shape index (κ1) is 11.0. The predicted molar refractivity (Wildman–Crippen MR) is 47.2 cm³/mol. The summed E-state index contributed by atoms with van der Waals surface area (Å²) >= 11 is 0. The second-order valence-electron chi connectivity index (χ2n) is 2.46. The summed E-state index contributed by atoms with van der Waals surface area (Å²) in [5.41, 5.74) is 0. The Morgan fingerprint density at radius 2 is 2.33 bits per heavy atom. The molecular weight excluding hydrogens is 182 g/mol. The molecule has 1 rings (SSSR count). The van der Waals surface area contributed by atoms with Gasteiger partial charge >= 0.3 is 6.09 Å². The average Bonchev–Trinajstić information content (AvgIpc) is 2.13. The van der Waals surface area contributed by atoms with Crippen LogP contribution in [0.25, 0.3) is 0 Å². The molecule has 1 fully saturated rings. The Kier molecular flexibility index (Phi) is 4.43. The van der Waals surface area contributed by atoms with Crippen LogP contribution >= 0.6 is 12.4 Å². The smallest absolute Gasteiger partial charge is 0.407 e. The van der Waals surface area contributed by atoms with E-state index in [4.69, 9.17) is 10.5 Å². The fourth-order valence-corrected chi connectivity index (χ4v) is 0.998. The van der Waals surface area contributed by atoms with E-state index in [0.717, 1.165) is 6.42 Å². The number of rotatable bonds is 0. The molecular formula is C6H12ClN3O2. The maximum absolute atomic E-state index is 10.5. The molecule has 5 nitrogen and oxygen atoms in total. The maximum Gasteiger partial charge on any atom is 0.407 e. The van der Waals surface area contributed by atoms with Gasteiger partial charge in [0.25, 0.3) is 0 Å². The molecule has 0 bridgehead atoms. The zero-order valence-electron chi connectivity index (χ0n) is 6.54. The molecule has 0 aliphatic carbocycles. The third-order valence-corrected chi connectivity index (χ3v) is 1.56. The molecule has 3 N–H and O–H groups in total. The van der Waals surface area contributed by atoms with Gasteiger partial charge in [-0.25, -0.2) is 4.79 Å². The summed E-state index contributed by atoms with van der Waals surface area (Å²) in [5, 5.41) is 18.6. The molecule has 0 unspecified atom stereocenters. The second kappa shape index (κ2) is 4.82. The molecule has 6 heteroatoms. The van der Waals surface area contributed by atoms with Gasteiger partial charge in [-0.05, 0) is 6.42 Å². The van der Waals surface area contributed by atoms with E-state index < -0.39 is 6.09 Å². The summed E-state index contributed by atoms with van der Waals surface area (Å²) in [4.78, 5) is 11.7. The minimum Gasteiger partial charge on any atom is -0.465 e. The number of hydrogen-bond donors (Lipinski definition) is 3. The number of nitrogens with one attached hydrogen (secondary N) is 2. The molecule has 0 aromatic carbocycles. The largest absolute Gasteiger partial charge is 0.465 e. The van der Waals surface area contributed by atoms with Gasteiger partial charge in [-0.3, -0.25) is 5.41 Å². The summed E-state index contributed by atoms with van der Waals surface area (Å²) in [7, 11) is 0. The lowest BCUT2D eigenvalue weighted by Gasteiger charge is -2.14. The van der Waals surface area contributed by atoms with Crippen LogP contribution in [-0.2, 0) is 0 Å². The minimum absolute atomic E-state index is 0. The zero-order chi connectivity index (χ0) is 8.27. The Labute approximate surface area is 76.7 Å². The van der Waals surface area contributed by atoms with Gasteiger partial charge in [0.1, 0.15) is 5.84 Å². The number of amides is 1. The topological polar surface area (TPSA) is 76.4 Å². The van der Waals surface area contributed by atoms with Crippen LogP contribution in [0.1, 0.15) is 6.42 Å². The average molecular weight is 194 g/mol. The van der Waals surface area contributed by atoms with Crippen molar-refractivity contribution in [3.05, 3.63) is 0 Å². The number of nitrogens with zero attached hydrogens (tertiary/aromatic N) is 1. The van der Waals surface area contributed by atoms with Gasteiger partial charge in [-0.2, -0.15) is 0 Å². The van der Waals surface area contributed by atoms with E-state index in [-0.39, 0.29) is 24.8 Å². The minimum atomic E-state index is -0.946. The molecule has 0 atom stereocenters. The van der Waals surface area contributed by atoms with E-state index in [1.165, 1.54) is 4.90 Å². The third kappa shape index (κ3) is 2.96. The third-order valence-electron chi connectivity index (χ3n) is 1.56. The van der Waals surface area contributed by atoms with Crippen LogP contribution in [0, 0.1) is 5.41 Å². The number of halogens is 1. The number of amidine groups is 1. The van der Waals surface area contributed by atoms with Crippen LogP contribution in [0.3, 0.4) is 0 Å². The van der Waals surface area contributed by atoms with E-state index in [2.05, 4.69) is 5.32 Å². The van der Waals surface area contributed by atoms with Crippen molar-refractivity contribution in [2.45, 2.75) is 6.42 Å². The van der Waals surface area contributed by atoms with Gasteiger partial charge in [0.05, 0.1) is 6.54 Å². The lowest BCUT2D eigenvalue weighted by atomic mass is 10.4. The lowest BCUT2D eigenvalue weighted by Crippen LogP contribution is -2.35. The lowest BCUT2D eigenvalue weighted by molar-refractivity contribution is 0.152. The molecule has 0 aromatic rings. The van der Waals surface area contributed by atoms with Gasteiger partial charge in [0.15, 0.2) is 0 Å². The highest BCUT2D eigenvalue weighted by Gasteiger charge is 2.15. The predicted octanol–water partition coefficient (Wildman–Crippen LogP) is 0.359. The quantitative estimate of drug-likeness (QED) is 0.520. The van der Waals surface area contributed by atoms with E-state index in [1.54, 1.807) is 0 Å². The first-order valence-corrected chi connectivity index (χ1v) is 3.49. The number of carboxylic acid groups (broad SMARTS) is 1. The van der Waals surface area contributed by atoms with Crippen LogP contribution in [0.5, 0.6) is 0 Å². The molecule has 0 spiro atoms. The normalized spacial score (nSPS) is 17.3. The SMILES string of the molecule is Cl.N=C1CN(C(=O)O)CCCN1. The van der Waals surface area contributed by atoms with Crippen molar-refractivity contribution in [3.63, 3.8) is 0 Å². The Morgan fingerprint density at radius 1 is 1.67 bits per heavy atom. The van der Waals surface area contributed by atoms with Crippen LogP contribution in [0.4, 0.5) is 4.79 Å². The maximum atomic E-state index is 10.5. The van der Waals surface area contributed by atoms with Crippen molar-refractivity contribution in [1.82, 2.24) is 10.2 Å². The Morgan fingerprint density at radius 3 is 2.92 bits per heavy atom. The van der Waals surface area contributed by atoms with Gasteiger partial charge in [-0.15, -0.1) is 12.4 Å². The van der Waals surface area contributed by atoms with Crippen molar-refractivity contribution in [2.24, 2.45) is 0 Å². The standard InChI is InChI=1S/C6H11N3O2.ClH/c7-5-4-9(6(10)11)3-1-2-8-5;/h1-4H2,(H2,7,8)(H,10,11);1H. The summed E-state index contributed by atoms with van der Waals surface area (Å²) < 4.78 is 0. The van der Waals surface area contributed by atoms with Crippen LogP contribution in [-0.4, -0.2) is 41.6 Å². The summed E-state index contributed by atoms with van der Waals surface area (Å²) in [6.45, 7) is 1.41. The van der Waals surface area contributed by atoms with Crippen molar-refractivity contribution in [1.29, 1.82) is 5.41 Å². The van der Waals surface area contributed by atoms with Crippen LogP contribution in [0.15, 0.2) is 0 Å². The highest BCUT2D eigenvalue weighted by atomic mass is 35.5. The Bertz CT molecular complexity index is 186. The van der Waals surface area contributed by atoms with E-state index >= 15 is 0 Å². The molecule has 0 saturated carbocycles. The summed E-state index contributed by atoms with van der Waals surface area (Å²) in [6.07, 6.45) is -0.173. The number of carbonyl (C=O) groups is 1. The first-order chi connectivity index (χ1) is 5.20. The highest BCUT2D eigenvalue weighted by Crippen LogP contribution is 1.95. The van der Waals surface area contributed by atoms with Crippen molar-refractivity contribution < 1.29 is 9.90 Å². The zero-order valence-corrected chi connectivity index (χ0v) is 7.36. The molecule has 1 aliphatic rings. The molecule has 0 radical (unpaired) electrons. The molecule has 1 aliphatic heterocycles. The van der Waals surface area contributed by atoms with Crippen molar-refractivity contribution in [2.75, 3.05) is 19.6 Å². The van der Waals surface area contributed by atoms with Gasteiger partial charge in [-0.1, -0.05) is 0 Å². The number of hydrogen-bond acceptors (Lipinski definition) is 2. The highest BCUT2D eigenvalue weighted by molar-refractivity contribution is 5.85. The molecule has 1 saturated heterocycles. The van der Waals surface area contributed by atoms with Crippen LogP contribution < -0.4 is 5.32 Å². The van der Waals surface area contributed by atoms with E-state index in [9.17, 15) is 4.79 Å². The van der Waals surface area contributed by atoms with Gasteiger partial charge in [0.2, 0.25) is 0 Å². The van der Waals surface area contributed by atoms with Gasteiger partial charge < -0.3 is 15.3 Å². The summed E-state index contributed by atoms with van der Waals surface area (Å²) in [5.74, 6) is 0.282. The van der Waals surface area contributed by atoms with Crippen molar-refractivity contribution >= 4 is 24.3 Å². The summed E-state index contributed by atoms with van der Waals surface area (Å²) in [6, 6.07) is 0. The molecule has 1 heterocycles. The van der Waals surface area contributed by atoms with E-state index in [1.807, 2.05) is 0 Å². The van der Waals surface area contributed by atoms with Crippen LogP contribution in [0.2, 0.25) is 0 Å². The molecule has 1 amide bonds. The fourth-order valence-electron chi connectivity index (χ4n) is 0.998. The first-order valence-electron chi connectivity index (χ1n) is 3.49. The van der Waals surface area contributed by atoms with E-state index in [0.29, 0.717) is 13.1 Å². The van der Waals surface area contributed by atoms with Crippen molar-refractivity contribution in [3.8, 4) is 0 Å². The monoisotopic (exact) mass is 193 g/mol. The Balaban J connectivity index is 0.00000121. The second-order valence-corrected chi connectivity index (χ2v) is 2.46. The molecule has 12 heavy (non-hydrogen) atoms. The Hall–Kier alpha value is -0.970. The molecule has 70 valence electrons.